The summed E-state index contributed by atoms with van der Waals surface area (Å²) >= 11 is 1.79. The molecule has 1 aliphatic rings. The minimum absolute atomic E-state index is 0. The molecule has 1 saturated carbocycles. The summed E-state index contributed by atoms with van der Waals surface area (Å²) in [5, 5.41) is 13.7. The van der Waals surface area contributed by atoms with Crippen LogP contribution in [-0.2, 0) is 19.4 Å². The molecule has 6 nitrogen and oxygen atoms in total. The van der Waals surface area contributed by atoms with E-state index in [1.807, 2.05) is 12.1 Å². The summed E-state index contributed by atoms with van der Waals surface area (Å²) < 4.78 is 7.55. The zero-order chi connectivity index (χ0) is 19.7. The van der Waals surface area contributed by atoms with Crippen molar-refractivity contribution in [3.05, 3.63) is 64.5 Å². The molecule has 3 heterocycles. The largest absolute Gasteiger partial charge is 0.469 e. The zero-order valence-electron chi connectivity index (χ0n) is 17.1. The summed E-state index contributed by atoms with van der Waals surface area (Å²) in [5.41, 5.74) is 1.02. The highest BCUT2D eigenvalue weighted by atomic mass is 127. The summed E-state index contributed by atoms with van der Waals surface area (Å²) in [4.78, 5) is 6.14. The van der Waals surface area contributed by atoms with Crippen LogP contribution < -0.4 is 10.6 Å². The molecular weight excluding hydrogens is 509 g/mol. The number of aliphatic imine (C=N–C) groups is 1. The molecule has 0 amide bonds. The number of nitrogens with zero attached hydrogens (tertiary/aromatic N) is 3. The number of guanidine groups is 1. The number of aromatic nitrogens is 2. The Morgan fingerprint density at radius 3 is 2.70 bits per heavy atom. The Hall–Kier alpha value is -1.81. The first-order valence-electron chi connectivity index (χ1n) is 10.5. The van der Waals surface area contributed by atoms with Crippen molar-refractivity contribution < 1.29 is 4.42 Å². The average Bonchev–Trinajstić information content (AvgIpc) is 3.54. The van der Waals surface area contributed by atoms with Crippen molar-refractivity contribution in [3.63, 3.8) is 0 Å². The maximum absolute atomic E-state index is 5.41. The van der Waals surface area contributed by atoms with E-state index in [1.54, 1.807) is 17.6 Å². The molecular formula is C22H30IN5OS. The molecule has 0 aromatic carbocycles. The third-order valence-corrected chi connectivity index (χ3v) is 6.19. The number of rotatable bonds is 9. The smallest absolute Gasteiger partial charge is 0.191 e. The van der Waals surface area contributed by atoms with Crippen LogP contribution in [0, 0.1) is 0 Å². The molecule has 0 saturated heterocycles. The van der Waals surface area contributed by atoms with Gasteiger partial charge in [0.2, 0.25) is 0 Å². The Morgan fingerprint density at radius 2 is 1.97 bits per heavy atom. The van der Waals surface area contributed by atoms with Gasteiger partial charge in [-0.3, -0.25) is 4.68 Å². The predicted octanol–water partition coefficient (Wildman–Crippen LogP) is 4.79. The van der Waals surface area contributed by atoms with Gasteiger partial charge in [0.15, 0.2) is 5.96 Å². The fourth-order valence-corrected chi connectivity index (χ4v) is 4.40. The Morgan fingerprint density at radius 1 is 1.13 bits per heavy atom. The summed E-state index contributed by atoms with van der Waals surface area (Å²) in [5.74, 6) is 1.80. The molecule has 4 rings (SSSR count). The van der Waals surface area contributed by atoms with Crippen molar-refractivity contribution in [2.24, 2.45) is 4.99 Å². The highest BCUT2D eigenvalue weighted by Gasteiger charge is 2.17. The van der Waals surface area contributed by atoms with Crippen LogP contribution in [0.1, 0.15) is 48.1 Å². The standard InChI is InChI=1S/C22H29N5OS.HI/c1-2-6-19(5-1)27-14-11-18(26-27)17-25-22(23-12-9-20-7-3-15-28-20)24-13-10-21-8-4-16-29-21;/h3-4,7-8,11,14-16,19H,1-2,5-6,9-10,12-13,17H2,(H2,23,24,25);1H. The molecule has 0 atom stereocenters. The zero-order valence-corrected chi connectivity index (χ0v) is 20.3. The van der Waals surface area contributed by atoms with Gasteiger partial charge in [-0.1, -0.05) is 18.9 Å². The maximum Gasteiger partial charge on any atom is 0.191 e. The second-order valence-corrected chi connectivity index (χ2v) is 8.43. The first-order valence-corrected chi connectivity index (χ1v) is 11.4. The Kier molecular flexibility index (Phi) is 9.26. The molecule has 3 aromatic rings. The number of hydrogen-bond donors (Lipinski definition) is 2. The average molecular weight is 539 g/mol. The SMILES string of the molecule is I.c1coc(CCNC(=NCc2ccn(C3CCCC3)n2)NCCc2cccs2)c1. The highest BCUT2D eigenvalue weighted by molar-refractivity contribution is 14.0. The van der Waals surface area contributed by atoms with Gasteiger partial charge in [0.05, 0.1) is 24.5 Å². The maximum atomic E-state index is 5.41. The molecule has 0 aliphatic heterocycles. The predicted molar refractivity (Wildman–Crippen MR) is 133 cm³/mol. The molecule has 0 bridgehead atoms. The number of halogens is 1. The lowest BCUT2D eigenvalue weighted by Crippen LogP contribution is -2.39. The van der Waals surface area contributed by atoms with Crippen molar-refractivity contribution in [3.8, 4) is 0 Å². The fraction of sp³-hybridized carbons (Fsp3) is 0.455. The fourth-order valence-electron chi connectivity index (χ4n) is 3.69. The Bertz CT molecular complexity index is 827. The Balaban J connectivity index is 0.00000256. The van der Waals surface area contributed by atoms with Crippen molar-refractivity contribution in [1.29, 1.82) is 0 Å². The van der Waals surface area contributed by atoms with Crippen LogP contribution in [0.4, 0.5) is 0 Å². The quantitative estimate of drug-likeness (QED) is 0.233. The first-order chi connectivity index (χ1) is 14.4. The van der Waals surface area contributed by atoms with E-state index in [0.717, 1.165) is 43.3 Å². The van der Waals surface area contributed by atoms with Gasteiger partial charge >= 0.3 is 0 Å². The minimum atomic E-state index is 0. The number of thiophene rings is 1. The number of hydrogen-bond acceptors (Lipinski definition) is 4. The van der Waals surface area contributed by atoms with E-state index >= 15 is 0 Å². The van der Waals surface area contributed by atoms with Gasteiger partial charge in [-0.2, -0.15) is 5.10 Å². The van der Waals surface area contributed by atoms with Gasteiger partial charge in [0.1, 0.15) is 5.76 Å². The second kappa shape index (κ2) is 12.1. The van der Waals surface area contributed by atoms with Crippen LogP contribution in [0.3, 0.4) is 0 Å². The van der Waals surface area contributed by atoms with E-state index in [-0.39, 0.29) is 24.0 Å². The van der Waals surface area contributed by atoms with E-state index in [4.69, 9.17) is 14.5 Å². The number of nitrogens with one attached hydrogen (secondary N) is 2. The highest BCUT2D eigenvalue weighted by Crippen LogP contribution is 2.28. The van der Waals surface area contributed by atoms with Crippen LogP contribution in [-0.4, -0.2) is 28.8 Å². The second-order valence-electron chi connectivity index (χ2n) is 7.40. The first kappa shape index (κ1) is 22.9. The van der Waals surface area contributed by atoms with E-state index in [0.29, 0.717) is 12.6 Å². The normalized spacial score (nSPS) is 14.6. The van der Waals surface area contributed by atoms with Gasteiger partial charge < -0.3 is 15.1 Å². The van der Waals surface area contributed by atoms with Crippen LogP contribution in [0.25, 0.3) is 0 Å². The van der Waals surface area contributed by atoms with Gasteiger partial charge in [-0.05, 0) is 48.9 Å². The number of furan rings is 1. The summed E-state index contributed by atoms with van der Waals surface area (Å²) in [7, 11) is 0. The van der Waals surface area contributed by atoms with E-state index in [9.17, 15) is 0 Å². The van der Waals surface area contributed by atoms with E-state index in [2.05, 4.69) is 45.1 Å². The van der Waals surface area contributed by atoms with Crippen LogP contribution in [0.2, 0.25) is 0 Å². The lowest BCUT2D eigenvalue weighted by atomic mass is 10.3. The van der Waals surface area contributed by atoms with Crippen molar-refractivity contribution in [2.75, 3.05) is 13.1 Å². The van der Waals surface area contributed by atoms with Crippen molar-refractivity contribution >= 4 is 41.3 Å². The molecule has 30 heavy (non-hydrogen) atoms. The van der Waals surface area contributed by atoms with Crippen LogP contribution in [0.15, 0.2) is 57.6 Å². The third kappa shape index (κ3) is 6.87. The Labute approximate surface area is 199 Å². The molecule has 8 heteroatoms. The topological polar surface area (TPSA) is 67.4 Å². The molecule has 1 fully saturated rings. The minimum Gasteiger partial charge on any atom is -0.469 e. The summed E-state index contributed by atoms with van der Waals surface area (Å²) in [6.45, 7) is 2.20. The molecule has 3 aromatic heterocycles. The monoisotopic (exact) mass is 539 g/mol. The van der Waals surface area contributed by atoms with Crippen LogP contribution in [0.5, 0.6) is 0 Å². The van der Waals surface area contributed by atoms with Crippen molar-refractivity contribution in [2.45, 2.75) is 51.1 Å². The van der Waals surface area contributed by atoms with Crippen LogP contribution >= 0.6 is 35.3 Å². The molecule has 0 unspecified atom stereocenters. The summed E-state index contributed by atoms with van der Waals surface area (Å²) in [6, 6.07) is 10.8. The van der Waals surface area contributed by atoms with Gasteiger partial charge in [0, 0.05) is 30.6 Å². The summed E-state index contributed by atoms with van der Waals surface area (Å²) in [6.07, 6.45) is 10.8. The molecule has 1 aliphatic carbocycles. The lowest BCUT2D eigenvalue weighted by Gasteiger charge is -2.12. The molecule has 2 N–H and O–H groups in total. The molecule has 162 valence electrons. The van der Waals surface area contributed by atoms with Gasteiger partial charge in [-0.15, -0.1) is 35.3 Å². The lowest BCUT2D eigenvalue weighted by molar-refractivity contribution is 0.463. The molecule has 0 radical (unpaired) electrons. The van der Waals surface area contributed by atoms with E-state index in [1.165, 1.54) is 30.6 Å². The van der Waals surface area contributed by atoms with Crippen molar-refractivity contribution in [1.82, 2.24) is 20.4 Å². The molecule has 0 spiro atoms. The van der Waals surface area contributed by atoms with E-state index < -0.39 is 0 Å². The van der Waals surface area contributed by atoms with Gasteiger partial charge in [-0.25, -0.2) is 4.99 Å². The third-order valence-electron chi connectivity index (χ3n) is 5.25. The van der Waals surface area contributed by atoms with Gasteiger partial charge in [0.25, 0.3) is 0 Å².